The van der Waals surface area contributed by atoms with Crippen LogP contribution in [0.3, 0.4) is 0 Å². The Balaban J connectivity index is 2.39. The van der Waals surface area contributed by atoms with Crippen LogP contribution in [0.15, 0.2) is 22.6 Å². The second-order valence-electron chi connectivity index (χ2n) is 2.65. The fourth-order valence-corrected chi connectivity index (χ4v) is 1.68. The Kier molecular flexibility index (Phi) is 4.78. The van der Waals surface area contributed by atoms with Crippen molar-refractivity contribution in [1.82, 2.24) is 0 Å². The van der Waals surface area contributed by atoms with Crippen molar-refractivity contribution >= 4 is 17.4 Å². The molecule has 0 aromatic carbocycles. The molecule has 14 heavy (non-hydrogen) atoms. The molecule has 1 aromatic rings. The van der Waals surface area contributed by atoms with Crippen LogP contribution >= 0.6 is 11.3 Å². The molecule has 0 unspecified atom stereocenters. The van der Waals surface area contributed by atoms with E-state index in [9.17, 15) is 0 Å². The highest BCUT2D eigenvalue weighted by Crippen LogP contribution is 2.15. The molecule has 0 amide bonds. The third-order valence-corrected chi connectivity index (χ3v) is 2.54. The molecular weight excluding hydrogens is 198 g/mol. The minimum absolute atomic E-state index is 0.0945. The molecule has 0 aliphatic rings. The molecule has 0 aliphatic heterocycles. The van der Waals surface area contributed by atoms with Crippen LogP contribution in [0.1, 0.15) is 16.9 Å². The number of nitrogens with zero attached hydrogens (tertiary/aromatic N) is 3. The lowest BCUT2D eigenvalue weighted by atomic mass is 10.2. The predicted octanol–water partition coefficient (Wildman–Crippen LogP) is 2.95. The van der Waals surface area contributed by atoms with E-state index < -0.39 is 0 Å². The van der Waals surface area contributed by atoms with Gasteiger partial charge in [0.25, 0.3) is 0 Å². The van der Waals surface area contributed by atoms with Gasteiger partial charge in [-0.15, -0.1) is 11.3 Å². The van der Waals surface area contributed by atoms with E-state index >= 15 is 0 Å². The van der Waals surface area contributed by atoms with Crippen molar-refractivity contribution in [3.05, 3.63) is 38.4 Å². The monoisotopic (exact) mass is 209 g/mol. The molecule has 0 atom stereocenters. The second kappa shape index (κ2) is 6.21. The Hall–Kier alpha value is -1.29. The summed E-state index contributed by atoms with van der Waals surface area (Å²) < 4.78 is 0. The molecule has 0 aliphatic carbocycles. The second-order valence-corrected chi connectivity index (χ2v) is 3.65. The van der Waals surface area contributed by atoms with E-state index in [4.69, 9.17) is 10.6 Å². The quantitative estimate of drug-likeness (QED) is 0.344. The molecule has 1 heterocycles. The van der Waals surface area contributed by atoms with Gasteiger partial charge < -0.3 is 5.11 Å². The van der Waals surface area contributed by atoms with Gasteiger partial charge in [0.15, 0.2) is 0 Å². The average molecular weight is 209 g/mol. The molecule has 0 spiro atoms. The number of rotatable bonds is 5. The largest absolute Gasteiger partial charge is 0.391 e. The molecule has 0 saturated heterocycles. The van der Waals surface area contributed by atoms with Crippen molar-refractivity contribution < 1.29 is 5.11 Å². The highest BCUT2D eigenvalue weighted by atomic mass is 32.1. The number of hydrogen-bond acceptors (Lipinski definition) is 3. The first-order chi connectivity index (χ1) is 6.86. The molecule has 5 heteroatoms. The molecule has 1 N–H and O–H groups in total. The van der Waals surface area contributed by atoms with E-state index in [1.807, 2.05) is 23.6 Å². The van der Waals surface area contributed by atoms with Crippen LogP contribution in [-0.4, -0.2) is 11.7 Å². The van der Waals surface area contributed by atoms with Gasteiger partial charge in [0, 0.05) is 16.3 Å². The van der Waals surface area contributed by atoms with Crippen LogP contribution in [0.5, 0.6) is 0 Å². The van der Waals surface area contributed by atoms with E-state index in [2.05, 4.69) is 10.0 Å². The van der Waals surface area contributed by atoms with Crippen molar-refractivity contribution in [2.75, 3.05) is 6.54 Å². The summed E-state index contributed by atoms with van der Waals surface area (Å²) in [6, 6.07) is 1.94. The normalized spacial score (nSPS) is 10.4. The highest BCUT2D eigenvalue weighted by Gasteiger charge is 1.93. The summed E-state index contributed by atoms with van der Waals surface area (Å²) in [5.41, 5.74) is 9.11. The number of thiophene rings is 1. The number of hydrogen-bond donors (Lipinski definition) is 1. The Bertz CT molecular complexity index is 353. The van der Waals surface area contributed by atoms with E-state index in [0.717, 1.165) is 16.9 Å². The van der Waals surface area contributed by atoms with Gasteiger partial charge in [-0.05, 0) is 29.0 Å². The van der Waals surface area contributed by atoms with E-state index in [1.54, 1.807) is 0 Å². The Labute approximate surface area is 86.1 Å². The van der Waals surface area contributed by atoms with Gasteiger partial charge in [0.05, 0.1) is 6.61 Å². The summed E-state index contributed by atoms with van der Waals surface area (Å²) in [5, 5.41) is 14.2. The first-order valence-corrected chi connectivity index (χ1v) is 5.10. The zero-order chi connectivity index (χ0) is 10.2. The summed E-state index contributed by atoms with van der Waals surface area (Å²) in [5.74, 6) is 0. The maximum atomic E-state index is 8.82. The summed E-state index contributed by atoms with van der Waals surface area (Å²) >= 11 is 1.53. The molecule has 0 saturated carbocycles. The van der Waals surface area contributed by atoms with Crippen LogP contribution in [0.4, 0.5) is 0 Å². The molecule has 1 aromatic heterocycles. The van der Waals surface area contributed by atoms with Crippen molar-refractivity contribution in [3.63, 3.8) is 0 Å². The molecular formula is C9H11N3OS. The van der Waals surface area contributed by atoms with Crippen molar-refractivity contribution in [3.8, 4) is 0 Å². The van der Waals surface area contributed by atoms with Gasteiger partial charge >= 0.3 is 0 Å². The number of azide groups is 1. The van der Waals surface area contributed by atoms with Crippen molar-refractivity contribution in [2.45, 2.75) is 13.0 Å². The van der Waals surface area contributed by atoms with Gasteiger partial charge in [-0.2, -0.15) is 0 Å². The SMILES string of the molecule is [N-]=[N+]=NCCC=Cc1csc(CO)c1. The third kappa shape index (κ3) is 3.62. The molecule has 74 valence electrons. The molecule has 0 bridgehead atoms. The number of aliphatic hydroxyl groups is 1. The maximum absolute atomic E-state index is 8.82. The fourth-order valence-electron chi connectivity index (χ4n) is 0.964. The van der Waals surface area contributed by atoms with Gasteiger partial charge in [-0.3, -0.25) is 0 Å². The fraction of sp³-hybridized carbons (Fsp3) is 0.333. The molecule has 0 fully saturated rings. The van der Waals surface area contributed by atoms with Gasteiger partial charge in [-0.25, -0.2) is 0 Å². The van der Waals surface area contributed by atoms with E-state index in [-0.39, 0.29) is 6.61 Å². The summed E-state index contributed by atoms with van der Waals surface area (Å²) in [7, 11) is 0. The lowest BCUT2D eigenvalue weighted by Crippen LogP contribution is -1.73. The summed E-state index contributed by atoms with van der Waals surface area (Å²) in [6.45, 7) is 0.585. The maximum Gasteiger partial charge on any atom is 0.0774 e. The lowest BCUT2D eigenvalue weighted by Gasteiger charge is -1.85. The topological polar surface area (TPSA) is 69.0 Å². The van der Waals surface area contributed by atoms with Crippen LogP contribution in [0, 0.1) is 0 Å². The van der Waals surface area contributed by atoms with Crippen LogP contribution in [0.2, 0.25) is 0 Å². The van der Waals surface area contributed by atoms with Crippen LogP contribution in [0.25, 0.3) is 16.5 Å². The summed E-state index contributed by atoms with van der Waals surface area (Å²) in [4.78, 5) is 3.62. The first-order valence-electron chi connectivity index (χ1n) is 4.22. The Morgan fingerprint density at radius 1 is 1.64 bits per heavy atom. The highest BCUT2D eigenvalue weighted by molar-refractivity contribution is 7.10. The zero-order valence-corrected chi connectivity index (χ0v) is 8.44. The van der Waals surface area contributed by atoms with Gasteiger partial charge in [0.2, 0.25) is 0 Å². The molecule has 0 radical (unpaired) electrons. The average Bonchev–Trinajstić information content (AvgIpc) is 2.65. The molecule has 4 nitrogen and oxygen atoms in total. The smallest absolute Gasteiger partial charge is 0.0774 e. The third-order valence-electron chi connectivity index (χ3n) is 1.60. The van der Waals surface area contributed by atoms with Crippen LogP contribution < -0.4 is 0 Å². The first kappa shape index (κ1) is 10.8. The summed E-state index contributed by atoms with van der Waals surface area (Å²) in [6.07, 6.45) is 4.66. The zero-order valence-electron chi connectivity index (χ0n) is 7.63. The minimum Gasteiger partial charge on any atom is -0.391 e. The number of aliphatic hydroxyl groups excluding tert-OH is 1. The minimum atomic E-state index is 0.0945. The Morgan fingerprint density at radius 2 is 2.50 bits per heavy atom. The van der Waals surface area contributed by atoms with Crippen LogP contribution in [-0.2, 0) is 6.61 Å². The van der Waals surface area contributed by atoms with E-state index in [1.165, 1.54) is 11.3 Å². The van der Waals surface area contributed by atoms with Crippen molar-refractivity contribution in [1.29, 1.82) is 0 Å². The van der Waals surface area contributed by atoms with Gasteiger partial charge in [0.1, 0.15) is 0 Å². The van der Waals surface area contributed by atoms with E-state index in [0.29, 0.717) is 6.54 Å². The lowest BCUT2D eigenvalue weighted by molar-refractivity contribution is 0.285. The molecule has 1 rings (SSSR count). The Morgan fingerprint density at radius 3 is 3.14 bits per heavy atom. The van der Waals surface area contributed by atoms with Gasteiger partial charge in [-0.1, -0.05) is 17.3 Å². The van der Waals surface area contributed by atoms with Crippen molar-refractivity contribution in [2.24, 2.45) is 5.11 Å². The predicted molar refractivity (Wildman–Crippen MR) is 57.9 cm³/mol. The standard InChI is InChI=1S/C9H11N3OS/c10-12-11-4-2-1-3-8-5-9(6-13)14-7-8/h1,3,5,7,13H,2,4,6H2.